The molecule has 0 bridgehead atoms. The summed E-state index contributed by atoms with van der Waals surface area (Å²) >= 11 is 6.06. The van der Waals surface area contributed by atoms with E-state index in [-0.39, 0.29) is 25.1 Å². The van der Waals surface area contributed by atoms with Crippen LogP contribution < -0.4 is 10.1 Å². The number of hydrogen-bond donors (Lipinski definition) is 1. The Labute approximate surface area is 155 Å². The Morgan fingerprint density at radius 1 is 1.19 bits per heavy atom. The lowest BCUT2D eigenvalue weighted by Crippen LogP contribution is -2.31. The summed E-state index contributed by atoms with van der Waals surface area (Å²) in [6, 6.07) is 16.7. The van der Waals surface area contributed by atoms with Crippen molar-refractivity contribution in [2.75, 3.05) is 0 Å². The van der Waals surface area contributed by atoms with Gasteiger partial charge in [0.1, 0.15) is 18.9 Å². The van der Waals surface area contributed by atoms with Crippen molar-refractivity contribution in [3.63, 3.8) is 0 Å². The summed E-state index contributed by atoms with van der Waals surface area (Å²) in [5.74, 6) is 0.783. The fraction of sp³-hybridized carbons (Fsp3) is 0.222. The van der Waals surface area contributed by atoms with Gasteiger partial charge in [0, 0.05) is 0 Å². The van der Waals surface area contributed by atoms with Gasteiger partial charge in [0.25, 0.3) is 0 Å². The van der Waals surface area contributed by atoms with Crippen LogP contribution >= 0.6 is 11.6 Å². The van der Waals surface area contributed by atoms with Crippen LogP contribution in [0.2, 0.25) is 5.02 Å². The molecule has 0 aliphatic rings. The summed E-state index contributed by atoms with van der Waals surface area (Å²) in [7, 11) is 0. The smallest absolute Gasteiger partial charge is 0.242 e. The number of hydrogen-bond acceptors (Lipinski definition) is 5. The fourth-order valence-corrected chi connectivity index (χ4v) is 2.59. The van der Waals surface area contributed by atoms with E-state index in [0.29, 0.717) is 16.6 Å². The van der Waals surface area contributed by atoms with Crippen LogP contribution in [0.5, 0.6) is 5.75 Å². The second-order valence-electron chi connectivity index (χ2n) is 5.67. The van der Waals surface area contributed by atoms with Crippen molar-refractivity contribution in [1.82, 2.24) is 25.5 Å². The van der Waals surface area contributed by atoms with Gasteiger partial charge < -0.3 is 10.1 Å². The van der Waals surface area contributed by atoms with E-state index < -0.39 is 0 Å². The molecule has 1 amide bonds. The van der Waals surface area contributed by atoms with Crippen molar-refractivity contribution < 1.29 is 9.53 Å². The van der Waals surface area contributed by atoms with E-state index in [1.165, 1.54) is 4.68 Å². The topological polar surface area (TPSA) is 81.9 Å². The Balaban J connectivity index is 1.58. The number of tetrazole rings is 1. The molecule has 0 fully saturated rings. The number of carbonyl (C=O) groups excluding carboxylic acids is 1. The first-order chi connectivity index (χ1) is 12.6. The Morgan fingerprint density at radius 2 is 1.92 bits per heavy atom. The number of halogens is 1. The molecule has 1 N–H and O–H groups in total. The second-order valence-corrected chi connectivity index (χ2v) is 6.08. The Morgan fingerprint density at radius 3 is 2.69 bits per heavy atom. The van der Waals surface area contributed by atoms with Crippen molar-refractivity contribution in [2.45, 2.75) is 26.1 Å². The van der Waals surface area contributed by atoms with Gasteiger partial charge in [-0.1, -0.05) is 54.1 Å². The lowest BCUT2D eigenvalue weighted by molar-refractivity contribution is -0.122. The lowest BCUT2D eigenvalue weighted by Gasteiger charge is -2.14. The van der Waals surface area contributed by atoms with E-state index in [0.717, 1.165) is 5.56 Å². The quantitative estimate of drug-likeness (QED) is 0.690. The van der Waals surface area contributed by atoms with E-state index in [1.54, 1.807) is 12.1 Å². The standard InChI is InChI=1S/C18H18ClN5O2/c1-13(14-7-3-2-4-8-14)20-18(25)11-24-17(21-22-23-24)12-26-16-10-6-5-9-15(16)19/h2-10,13H,11-12H2,1H3,(H,20,25). The predicted molar refractivity (Wildman–Crippen MR) is 96.6 cm³/mol. The average molecular weight is 372 g/mol. The third-order valence-corrected chi connectivity index (χ3v) is 4.08. The molecule has 134 valence electrons. The highest BCUT2D eigenvalue weighted by molar-refractivity contribution is 6.32. The number of aromatic nitrogens is 4. The maximum atomic E-state index is 12.3. The van der Waals surface area contributed by atoms with Crippen LogP contribution in [-0.4, -0.2) is 26.1 Å². The summed E-state index contributed by atoms with van der Waals surface area (Å²) in [5, 5.41) is 14.8. The molecule has 26 heavy (non-hydrogen) atoms. The van der Waals surface area contributed by atoms with Gasteiger partial charge in [-0.15, -0.1) is 5.10 Å². The highest BCUT2D eigenvalue weighted by atomic mass is 35.5. The summed E-state index contributed by atoms with van der Waals surface area (Å²) in [6.45, 7) is 2.04. The molecule has 3 aromatic rings. The number of para-hydroxylation sites is 1. The molecular weight excluding hydrogens is 354 g/mol. The third kappa shape index (κ3) is 4.58. The molecule has 3 rings (SSSR count). The minimum absolute atomic E-state index is 0.00535. The van der Waals surface area contributed by atoms with Crippen LogP contribution in [0.4, 0.5) is 0 Å². The molecule has 8 heteroatoms. The molecule has 2 aromatic carbocycles. The molecule has 1 atom stereocenters. The van der Waals surface area contributed by atoms with Crippen molar-refractivity contribution in [3.8, 4) is 5.75 Å². The molecule has 1 unspecified atom stereocenters. The van der Waals surface area contributed by atoms with E-state index in [9.17, 15) is 4.79 Å². The van der Waals surface area contributed by atoms with Gasteiger partial charge in [-0.05, 0) is 35.0 Å². The molecule has 0 aliphatic carbocycles. The number of nitrogens with zero attached hydrogens (tertiary/aromatic N) is 4. The van der Waals surface area contributed by atoms with Crippen molar-refractivity contribution in [2.24, 2.45) is 0 Å². The highest BCUT2D eigenvalue weighted by Crippen LogP contribution is 2.23. The summed E-state index contributed by atoms with van der Waals surface area (Å²) in [5.41, 5.74) is 1.03. The van der Waals surface area contributed by atoms with Crippen LogP contribution in [0.25, 0.3) is 0 Å². The van der Waals surface area contributed by atoms with Gasteiger partial charge in [0.15, 0.2) is 5.82 Å². The Bertz CT molecular complexity index is 869. The van der Waals surface area contributed by atoms with E-state index in [4.69, 9.17) is 16.3 Å². The number of nitrogens with one attached hydrogen (secondary N) is 1. The average Bonchev–Trinajstić information content (AvgIpc) is 3.08. The second kappa shape index (κ2) is 8.44. The monoisotopic (exact) mass is 371 g/mol. The summed E-state index contributed by atoms with van der Waals surface area (Å²) in [4.78, 5) is 12.3. The third-order valence-electron chi connectivity index (χ3n) is 3.77. The number of rotatable bonds is 7. The highest BCUT2D eigenvalue weighted by Gasteiger charge is 2.14. The predicted octanol–water partition coefficient (Wildman–Crippen LogP) is 2.78. The minimum atomic E-state index is -0.187. The van der Waals surface area contributed by atoms with Gasteiger partial charge >= 0.3 is 0 Å². The fourth-order valence-electron chi connectivity index (χ4n) is 2.40. The zero-order valence-electron chi connectivity index (χ0n) is 14.2. The molecule has 1 aromatic heterocycles. The molecule has 0 saturated carbocycles. The Kier molecular flexibility index (Phi) is 5.80. The van der Waals surface area contributed by atoms with Gasteiger partial charge in [0.05, 0.1) is 11.1 Å². The molecule has 0 spiro atoms. The summed E-state index contributed by atoms with van der Waals surface area (Å²) < 4.78 is 7.03. The van der Waals surface area contributed by atoms with Crippen LogP contribution in [-0.2, 0) is 17.9 Å². The zero-order valence-corrected chi connectivity index (χ0v) is 14.9. The molecule has 0 aliphatic heterocycles. The van der Waals surface area contributed by atoms with Crippen molar-refractivity contribution >= 4 is 17.5 Å². The van der Waals surface area contributed by atoms with Crippen LogP contribution in [0.3, 0.4) is 0 Å². The van der Waals surface area contributed by atoms with Crippen LogP contribution in [0.15, 0.2) is 54.6 Å². The van der Waals surface area contributed by atoms with E-state index >= 15 is 0 Å². The Hall–Kier alpha value is -2.93. The maximum absolute atomic E-state index is 12.3. The minimum Gasteiger partial charge on any atom is -0.484 e. The van der Waals surface area contributed by atoms with Crippen molar-refractivity contribution in [1.29, 1.82) is 0 Å². The first-order valence-electron chi connectivity index (χ1n) is 8.10. The van der Waals surface area contributed by atoms with E-state index in [1.807, 2.05) is 49.4 Å². The lowest BCUT2D eigenvalue weighted by atomic mass is 10.1. The van der Waals surface area contributed by atoms with Gasteiger partial charge in [-0.25, -0.2) is 4.68 Å². The van der Waals surface area contributed by atoms with Gasteiger partial charge in [-0.2, -0.15) is 0 Å². The number of amides is 1. The largest absolute Gasteiger partial charge is 0.484 e. The maximum Gasteiger partial charge on any atom is 0.242 e. The van der Waals surface area contributed by atoms with E-state index in [2.05, 4.69) is 20.8 Å². The molecule has 0 saturated heterocycles. The van der Waals surface area contributed by atoms with Gasteiger partial charge in [0.2, 0.25) is 5.91 Å². The first kappa shape index (κ1) is 17.9. The van der Waals surface area contributed by atoms with Crippen LogP contribution in [0.1, 0.15) is 24.4 Å². The zero-order chi connectivity index (χ0) is 18.4. The normalized spacial score (nSPS) is 11.8. The molecular formula is C18H18ClN5O2. The number of carbonyl (C=O) groups is 1. The van der Waals surface area contributed by atoms with Crippen molar-refractivity contribution in [3.05, 3.63) is 71.0 Å². The summed E-state index contributed by atoms with van der Waals surface area (Å²) in [6.07, 6.45) is 0. The van der Waals surface area contributed by atoms with Crippen LogP contribution in [0, 0.1) is 0 Å². The molecule has 0 radical (unpaired) electrons. The number of benzene rings is 2. The molecule has 1 heterocycles. The first-order valence-corrected chi connectivity index (χ1v) is 8.48. The molecule has 7 nitrogen and oxygen atoms in total. The number of ether oxygens (including phenoxy) is 1. The SMILES string of the molecule is CC(NC(=O)Cn1nnnc1COc1ccccc1Cl)c1ccccc1. The van der Waals surface area contributed by atoms with Gasteiger partial charge in [-0.3, -0.25) is 4.79 Å².